The molecule has 2 heterocycles. The maximum absolute atomic E-state index is 12.5. The predicted molar refractivity (Wildman–Crippen MR) is 112 cm³/mol. The summed E-state index contributed by atoms with van der Waals surface area (Å²) in [6.45, 7) is 2.32. The standard InChI is InChI=1S/C24H26N2O3/c1-28-21-10-8-18(9-11-21)15-24(27)25-16-22(23-7-4-14-29-23)26-13-12-19-5-2-3-6-20(19)17-26/h2-11,14,22H,12-13,15-17H2,1H3,(H,25,27)/t22-/m0/s1. The van der Waals surface area contributed by atoms with Gasteiger partial charge in [-0.3, -0.25) is 9.69 Å². The molecule has 1 N–H and O–H groups in total. The second-order valence-corrected chi connectivity index (χ2v) is 7.35. The zero-order valence-electron chi connectivity index (χ0n) is 16.6. The van der Waals surface area contributed by atoms with Crippen LogP contribution in [0.1, 0.15) is 28.5 Å². The van der Waals surface area contributed by atoms with Gasteiger partial charge in [0.2, 0.25) is 5.91 Å². The maximum Gasteiger partial charge on any atom is 0.224 e. The van der Waals surface area contributed by atoms with Crippen molar-refractivity contribution in [2.45, 2.75) is 25.4 Å². The van der Waals surface area contributed by atoms with Crippen LogP contribution in [0.4, 0.5) is 0 Å². The average molecular weight is 390 g/mol. The van der Waals surface area contributed by atoms with E-state index < -0.39 is 0 Å². The number of furan rings is 1. The summed E-state index contributed by atoms with van der Waals surface area (Å²) in [7, 11) is 1.63. The third-order valence-electron chi connectivity index (χ3n) is 5.49. The van der Waals surface area contributed by atoms with Crippen molar-refractivity contribution in [3.8, 4) is 5.75 Å². The molecular weight excluding hydrogens is 364 g/mol. The first-order valence-electron chi connectivity index (χ1n) is 9.97. The van der Waals surface area contributed by atoms with E-state index in [9.17, 15) is 4.79 Å². The molecule has 0 aliphatic carbocycles. The van der Waals surface area contributed by atoms with E-state index in [1.807, 2.05) is 36.4 Å². The molecule has 0 radical (unpaired) electrons. The van der Waals surface area contributed by atoms with Gasteiger partial charge in [-0.25, -0.2) is 0 Å². The Balaban J connectivity index is 1.41. The fraction of sp³-hybridized carbons (Fsp3) is 0.292. The van der Waals surface area contributed by atoms with Crippen molar-refractivity contribution in [3.05, 3.63) is 89.4 Å². The Morgan fingerprint density at radius 2 is 1.90 bits per heavy atom. The summed E-state index contributed by atoms with van der Waals surface area (Å²) in [6.07, 6.45) is 3.05. The number of nitrogens with one attached hydrogen (secondary N) is 1. The normalized spacial score (nSPS) is 14.8. The van der Waals surface area contributed by atoms with Gasteiger partial charge in [0.25, 0.3) is 0 Å². The Morgan fingerprint density at radius 1 is 1.10 bits per heavy atom. The Kier molecular flexibility index (Phi) is 5.96. The number of carbonyl (C=O) groups excluding carboxylic acids is 1. The average Bonchev–Trinajstić information content (AvgIpc) is 3.29. The van der Waals surface area contributed by atoms with E-state index >= 15 is 0 Å². The summed E-state index contributed by atoms with van der Waals surface area (Å²) in [5, 5.41) is 3.10. The van der Waals surface area contributed by atoms with E-state index in [2.05, 4.69) is 34.5 Å². The van der Waals surface area contributed by atoms with Crippen LogP contribution in [0.2, 0.25) is 0 Å². The molecule has 5 nitrogen and oxygen atoms in total. The molecule has 1 aliphatic heterocycles. The van der Waals surface area contributed by atoms with Crippen LogP contribution in [0.3, 0.4) is 0 Å². The molecule has 2 aromatic carbocycles. The van der Waals surface area contributed by atoms with Gasteiger partial charge in [-0.15, -0.1) is 0 Å². The Labute approximate surface area is 171 Å². The number of ether oxygens (including phenoxy) is 1. The van der Waals surface area contributed by atoms with E-state index in [-0.39, 0.29) is 11.9 Å². The van der Waals surface area contributed by atoms with Gasteiger partial charge in [-0.1, -0.05) is 36.4 Å². The van der Waals surface area contributed by atoms with E-state index in [0.717, 1.165) is 36.6 Å². The lowest BCUT2D eigenvalue weighted by atomic mass is 9.98. The van der Waals surface area contributed by atoms with Gasteiger partial charge in [0.1, 0.15) is 11.5 Å². The van der Waals surface area contributed by atoms with Crippen LogP contribution in [0.15, 0.2) is 71.3 Å². The summed E-state index contributed by atoms with van der Waals surface area (Å²) in [4.78, 5) is 14.9. The first-order valence-corrected chi connectivity index (χ1v) is 9.97. The molecule has 29 heavy (non-hydrogen) atoms. The largest absolute Gasteiger partial charge is 0.497 e. The Morgan fingerprint density at radius 3 is 2.62 bits per heavy atom. The number of nitrogens with zero attached hydrogens (tertiary/aromatic N) is 1. The molecular formula is C24H26N2O3. The van der Waals surface area contributed by atoms with Crippen molar-refractivity contribution in [1.82, 2.24) is 10.2 Å². The molecule has 0 bridgehead atoms. The van der Waals surface area contributed by atoms with Gasteiger partial charge in [-0.05, 0) is 47.4 Å². The van der Waals surface area contributed by atoms with Crippen LogP contribution in [-0.4, -0.2) is 31.0 Å². The van der Waals surface area contributed by atoms with Gasteiger partial charge >= 0.3 is 0 Å². The third kappa shape index (κ3) is 4.69. The smallest absolute Gasteiger partial charge is 0.224 e. The fourth-order valence-electron chi connectivity index (χ4n) is 3.88. The molecule has 1 aliphatic rings. The monoisotopic (exact) mass is 390 g/mol. The molecule has 0 fully saturated rings. The summed E-state index contributed by atoms with van der Waals surface area (Å²) in [5.41, 5.74) is 3.72. The van der Waals surface area contributed by atoms with Crippen LogP contribution < -0.4 is 10.1 Å². The number of benzene rings is 2. The van der Waals surface area contributed by atoms with Crippen molar-refractivity contribution in [2.75, 3.05) is 20.2 Å². The zero-order chi connectivity index (χ0) is 20.1. The number of hydrogen-bond donors (Lipinski definition) is 1. The molecule has 1 aromatic heterocycles. The highest BCUT2D eigenvalue weighted by Crippen LogP contribution is 2.28. The van der Waals surface area contributed by atoms with Crippen molar-refractivity contribution in [3.63, 3.8) is 0 Å². The number of amides is 1. The van der Waals surface area contributed by atoms with Gasteiger partial charge in [-0.2, -0.15) is 0 Å². The SMILES string of the molecule is COc1ccc(CC(=O)NC[C@@H](c2ccco2)N2CCc3ccccc3C2)cc1. The lowest BCUT2D eigenvalue weighted by Gasteiger charge is -2.34. The highest BCUT2D eigenvalue weighted by atomic mass is 16.5. The highest BCUT2D eigenvalue weighted by molar-refractivity contribution is 5.78. The van der Waals surface area contributed by atoms with E-state index in [0.29, 0.717) is 13.0 Å². The second kappa shape index (κ2) is 8.97. The molecule has 5 heteroatoms. The van der Waals surface area contributed by atoms with Gasteiger partial charge < -0.3 is 14.5 Å². The van der Waals surface area contributed by atoms with Crippen molar-refractivity contribution < 1.29 is 13.9 Å². The number of fused-ring (bicyclic) bond motifs is 1. The van der Waals surface area contributed by atoms with E-state index in [4.69, 9.17) is 9.15 Å². The summed E-state index contributed by atoms with van der Waals surface area (Å²) >= 11 is 0. The summed E-state index contributed by atoms with van der Waals surface area (Å²) < 4.78 is 10.9. The first-order chi connectivity index (χ1) is 14.2. The van der Waals surface area contributed by atoms with Gasteiger partial charge in [0.05, 0.1) is 25.8 Å². The predicted octanol–water partition coefficient (Wildman–Crippen LogP) is 3.75. The van der Waals surface area contributed by atoms with Crippen LogP contribution in [0.25, 0.3) is 0 Å². The molecule has 1 atom stereocenters. The number of hydrogen-bond acceptors (Lipinski definition) is 4. The van der Waals surface area contributed by atoms with Crippen molar-refractivity contribution >= 4 is 5.91 Å². The quantitative estimate of drug-likeness (QED) is 0.668. The van der Waals surface area contributed by atoms with E-state index in [1.165, 1.54) is 11.1 Å². The van der Waals surface area contributed by atoms with E-state index in [1.54, 1.807) is 13.4 Å². The number of carbonyl (C=O) groups is 1. The first kappa shape index (κ1) is 19.3. The van der Waals surface area contributed by atoms with Crippen LogP contribution in [0, 0.1) is 0 Å². The highest BCUT2D eigenvalue weighted by Gasteiger charge is 2.27. The topological polar surface area (TPSA) is 54.7 Å². The molecule has 0 spiro atoms. The lowest BCUT2D eigenvalue weighted by Crippen LogP contribution is -2.40. The van der Waals surface area contributed by atoms with Gasteiger partial charge in [0, 0.05) is 19.6 Å². The fourth-order valence-corrected chi connectivity index (χ4v) is 3.88. The minimum Gasteiger partial charge on any atom is -0.497 e. The molecule has 0 unspecified atom stereocenters. The number of methoxy groups -OCH3 is 1. The molecule has 0 saturated carbocycles. The van der Waals surface area contributed by atoms with Gasteiger partial charge in [0.15, 0.2) is 0 Å². The maximum atomic E-state index is 12.5. The van der Waals surface area contributed by atoms with Crippen LogP contribution >= 0.6 is 0 Å². The second-order valence-electron chi connectivity index (χ2n) is 7.35. The van der Waals surface area contributed by atoms with Crippen molar-refractivity contribution in [2.24, 2.45) is 0 Å². The molecule has 150 valence electrons. The van der Waals surface area contributed by atoms with Crippen molar-refractivity contribution in [1.29, 1.82) is 0 Å². The minimum atomic E-state index is 0.00383. The molecule has 4 rings (SSSR count). The molecule has 1 amide bonds. The molecule has 0 saturated heterocycles. The Bertz CT molecular complexity index is 935. The van der Waals surface area contributed by atoms with Crippen LogP contribution in [0.5, 0.6) is 5.75 Å². The lowest BCUT2D eigenvalue weighted by molar-refractivity contribution is -0.120. The summed E-state index contributed by atoms with van der Waals surface area (Å²) in [6, 6.07) is 20.1. The molecule has 3 aromatic rings. The third-order valence-corrected chi connectivity index (χ3v) is 5.49. The zero-order valence-corrected chi connectivity index (χ0v) is 16.6. The van der Waals surface area contributed by atoms with Crippen LogP contribution in [-0.2, 0) is 24.2 Å². The Hall–Kier alpha value is -3.05. The number of rotatable bonds is 7. The summed E-state index contributed by atoms with van der Waals surface area (Å²) in [5.74, 6) is 1.68. The minimum absolute atomic E-state index is 0.00383.